The topological polar surface area (TPSA) is 67.4 Å². The van der Waals surface area contributed by atoms with E-state index in [0.717, 1.165) is 13.1 Å². The Morgan fingerprint density at radius 1 is 1.44 bits per heavy atom. The van der Waals surface area contributed by atoms with Crippen LogP contribution in [0.4, 0.5) is 0 Å². The molecule has 0 bridgehead atoms. The van der Waals surface area contributed by atoms with Crippen LogP contribution in [0, 0.1) is 11.8 Å². The number of rotatable bonds is 6. The van der Waals surface area contributed by atoms with Crippen LogP contribution in [-0.4, -0.2) is 37.6 Å². The molecule has 1 aliphatic rings. The zero-order valence-corrected chi connectivity index (χ0v) is 11.7. The lowest BCUT2D eigenvalue weighted by Gasteiger charge is -2.34. The molecule has 0 aromatic carbocycles. The fourth-order valence-electron chi connectivity index (χ4n) is 1.91. The molecule has 0 radical (unpaired) electrons. The van der Waals surface area contributed by atoms with Crippen molar-refractivity contribution in [3.05, 3.63) is 0 Å². The lowest BCUT2D eigenvalue weighted by atomic mass is 9.87. The lowest BCUT2D eigenvalue weighted by Crippen LogP contribution is -2.53. The largest absolute Gasteiger partial charge is 0.469 e. The average Bonchev–Trinajstić information content (AvgIpc) is 2.22. The van der Waals surface area contributed by atoms with Gasteiger partial charge in [0.25, 0.3) is 0 Å². The number of nitrogens with one attached hydrogen (secondary N) is 2. The Morgan fingerprint density at radius 3 is 2.50 bits per heavy atom. The normalized spacial score (nSPS) is 17.8. The van der Waals surface area contributed by atoms with E-state index >= 15 is 0 Å². The van der Waals surface area contributed by atoms with Crippen LogP contribution in [0.5, 0.6) is 0 Å². The molecule has 1 aliphatic heterocycles. The van der Waals surface area contributed by atoms with Gasteiger partial charge < -0.3 is 15.4 Å². The Kier molecular flexibility index (Phi) is 5.14. The zero-order valence-electron chi connectivity index (χ0n) is 11.7. The van der Waals surface area contributed by atoms with Gasteiger partial charge in [-0.25, -0.2) is 0 Å². The number of methoxy groups -OCH3 is 1. The molecule has 18 heavy (non-hydrogen) atoms. The Labute approximate surface area is 109 Å². The third kappa shape index (κ3) is 4.29. The van der Waals surface area contributed by atoms with Crippen molar-refractivity contribution < 1.29 is 14.3 Å². The van der Waals surface area contributed by atoms with Gasteiger partial charge in [-0.3, -0.25) is 9.59 Å². The number of ether oxygens (including phenoxy) is 1. The van der Waals surface area contributed by atoms with E-state index in [-0.39, 0.29) is 23.3 Å². The van der Waals surface area contributed by atoms with Gasteiger partial charge in [0.1, 0.15) is 0 Å². The molecule has 5 heteroatoms. The van der Waals surface area contributed by atoms with Crippen molar-refractivity contribution in [3.63, 3.8) is 0 Å². The molecule has 1 rings (SSSR count). The van der Waals surface area contributed by atoms with Crippen LogP contribution in [-0.2, 0) is 14.3 Å². The standard InChI is InChI=1S/C13H24N2O3/c1-9(10-7-14-8-10)12(17)15-13(2,3)6-5-11(16)18-4/h9-10,14H,5-8H2,1-4H3,(H,15,17). The predicted octanol–water partition coefficient (Wildman–Crippen LogP) is 0.690. The van der Waals surface area contributed by atoms with Gasteiger partial charge >= 0.3 is 5.97 Å². The third-order valence-electron chi connectivity index (χ3n) is 3.58. The number of amides is 1. The van der Waals surface area contributed by atoms with Crippen LogP contribution in [0.1, 0.15) is 33.6 Å². The van der Waals surface area contributed by atoms with Gasteiger partial charge in [0.05, 0.1) is 7.11 Å². The first-order chi connectivity index (χ1) is 8.35. The summed E-state index contributed by atoms with van der Waals surface area (Å²) in [6, 6.07) is 0. The van der Waals surface area contributed by atoms with Crippen molar-refractivity contribution >= 4 is 11.9 Å². The summed E-state index contributed by atoms with van der Waals surface area (Å²) in [4.78, 5) is 23.2. The quantitative estimate of drug-likeness (QED) is 0.686. The highest BCUT2D eigenvalue weighted by Crippen LogP contribution is 2.19. The van der Waals surface area contributed by atoms with Crippen molar-refractivity contribution in [2.45, 2.75) is 39.2 Å². The summed E-state index contributed by atoms with van der Waals surface area (Å²) in [5.41, 5.74) is -0.378. The summed E-state index contributed by atoms with van der Waals surface area (Å²) in [7, 11) is 1.37. The van der Waals surface area contributed by atoms with Gasteiger partial charge in [0.15, 0.2) is 0 Å². The highest BCUT2D eigenvalue weighted by molar-refractivity contribution is 5.79. The van der Waals surface area contributed by atoms with Gasteiger partial charge in [-0.2, -0.15) is 0 Å². The highest BCUT2D eigenvalue weighted by Gasteiger charge is 2.31. The fourth-order valence-corrected chi connectivity index (χ4v) is 1.91. The summed E-state index contributed by atoms with van der Waals surface area (Å²) in [5, 5.41) is 6.18. The summed E-state index contributed by atoms with van der Waals surface area (Å²) < 4.78 is 4.60. The van der Waals surface area contributed by atoms with Crippen molar-refractivity contribution in [2.24, 2.45) is 11.8 Å². The van der Waals surface area contributed by atoms with Crippen LogP contribution in [0.25, 0.3) is 0 Å². The summed E-state index contributed by atoms with van der Waals surface area (Å²) in [5.74, 6) is 0.273. The van der Waals surface area contributed by atoms with Gasteiger partial charge in [0.2, 0.25) is 5.91 Å². The Morgan fingerprint density at radius 2 is 2.06 bits per heavy atom. The molecule has 104 valence electrons. The van der Waals surface area contributed by atoms with E-state index in [1.807, 2.05) is 20.8 Å². The lowest BCUT2D eigenvalue weighted by molar-refractivity contribution is -0.141. The molecule has 0 spiro atoms. The van der Waals surface area contributed by atoms with Gasteiger partial charge in [-0.05, 0) is 39.3 Å². The number of hydrogen-bond donors (Lipinski definition) is 2. The van der Waals surface area contributed by atoms with E-state index in [1.165, 1.54) is 7.11 Å². The number of esters is 1. The van der Waals surface area contributed by atoms with E-state index in [1.54, 1.807) is 0 Å². The molecule has 0 aliphatic carbocycles. The highest BCUT2D eigenvalue weighted by atomic mass is 16.5. The van der Waals surface area contributed by atoms with Crippen molar-refractivity contribution in [2.75, 3.05) is 20.2 Å². The van der Waals surface area contributed by atoms with E-state index in [4.69, 9.17) is 0 Å². The first-order valence-corrected chi connectivity index (χ1v) is 6.45. The number of carbonyl (C=O) groups is 2. The molecule has 0 aromatic heterocycles. The summed E-state index contributed by atoms with van der Waals surface area (Å²) in [6.07, 6.45) is 0.907. The third-order valence-corrected chi connectivity index (χ3v) is 3.58. The molecule has 1 saturated heterocycles. The molecule has 1 unspecified atom stereocenters. The monoisotopic (exact) mass is 256 g/mol. The van der Waals surface area contributed by atoms with Crippen molar-refractivity contribution in [1.82, 2.24) is 10.6 Å². The minimum atomic E-state index is -0.378. The molecule has 1 heterocycles. The second kappa shape index (κ2) is 6.18. The Bertz CT molecular complexity index is 311. The predicted molar refractivity (Wildman–Crippen MR) is 69.0 cm³/mol. The second-order valence-corrected chi connectivity index (χ2v) is 5.66. The second-order valence-electron chi connectivity index (χ2n) is 5.66. The van der Waals surface area contributed by atoms with Gasteiger partial charge in [0, 0.05) is 17.9 Å². The first-order valence-electron chi connectivity index (χ1n) is 6.45. The van der Waals surface area contributed by atoms with Gasteiger partial charge in [-0.15, -0.1) is 0 Å². The Balaban J connectivity index is 2.38. The minimum Gasteiger partial charge on any atom is -0.469 e. The minimum absolute atomic E-state index is 0.0173. The first kappa shape index (κ1) is 15.0. The maximum Gasteiger partial charge on any atom is 0.305 e. The molecule has 5 nitrogen and oxygen atoms in total. The van der Waals surface area contributed by atoms with Gasteiger partial charge in [-0.1, -0.05) is 6.92 Å². The van der Waals surface area contributed by atoms with Crippen molar-refractivity contribution in [3.8, 4) is 0 Å². The van der Waals surface area contributed by atoms with Crippen LogP contribution in [0.2, 0.25) is 0 Å². The SMILES string of the molecule is COC(=O)CCC(C)(C)NC(=O)C(C)C1CNC1. The van der Waals surface area contributed by atoms with E-state index in [9.17, 15) is 9.59 Å². The molecule has 0 saturated carbocycles. The summed E-state index contributed by atoms with van der Waals surface area (Å²) >= 11 is 0. The maximum absolute atomic E-state index is 12.1. The Hall–Kier alpha value is -1.10. The van der Waals surface area contributed by atoms with Crippen LogP contribution < -0.4 is 10.6 Å². The average molecular weight is 256 g/mol. The molecule has 1 fully saturated rings. The zero-order chi connectivity index (χ0) is 13.8. The molecule has 1 atom stereocenters. The van der Waals surface area contributed by atoms with E-state index < -0.39 is 0 Å². The molecule has 0 aromatic rings. The number of carbonyl (C=O) groups excluding carboxylic acids is 2. The molecule has 2 N–H and O–H groups in total. The van der Waals surface area contributed by atoms with Crippen LogP contribution >= 0.6 is 0 Å². The van der Waals surface area contributed by atoms with Crippen molar-refractivity contribution in [1.29, 1.82) is 0 Å². The van der Waals surface area contributed by atoms with Crippen LogP contribution in [0.3, 0.4) is 0 Å². The van der Waals surface area contributed by atoms with Crippen LogP contribution in [0.15, 0.2) is 0 Å². The van der Waals surface area contributed by atoms with E-state index in [2.05, 4.69) is 15.4 Å². The molecule has 1 amide bonds. The van der Waals surface area contributed by atoms with E-state index in [0.29, 0.717) is 18.8 Å². The smallest absolute Gasteiger partial charge is 0.305 e. The molecular weight excluding hydrogens is 232 g/mol. The maximum atomic E-state index is 12.1. The fraction of sp³-hybridized carbons (Fsp3) is 0.846. The molecular formula is C13H24N2O3. The summed E-state index contributed by atoms with van der Waals surface area (Å²) in [6.45, 7) is 7.64. The number of hydrogen-bond acceptors (Lipinski definition) is 4.